The van der Waals surface area contributed by atoms with Crippen LogP contribution in [0, 0.1) is 6.92 Å². The van der Waals surface area contributed by atoms with Crippen LogP contribution >= 0.6 is 11.3 Å². The summed E-state index contributed by atoms with van der Waals surface area (Å²) in [4.78, 5) is 37.5. The van der Waals surface area contributed by atoms with Crippen LogP contribution in [0.3, 0.4) is 0 Å². The summed E-state index contributed by atoms with van der Waals surface area (Å²) < 4.78 is 26.2. The minimum atomic E-state index is -0.538. The van der Waals surface area contributed by atoms with Crippen molar-refractivity contribution in [2.24, 2.45) is 0 Å². The van der Waals surface area contributed by atoms with Crippen molar-refractivity contribution in [3.8, 4) is 16.5 Å². The number of aromatic amines is 1. The van der Waals surface area contributed by atoms with Crippen molar-refractivity contribution < 1.29 is 18.6 Å². The number of oxazole rings is 1. The molecule has 5 aromatic rings. The second kappa shape index (κ2) is 11.2. The van der Waals surface area contributed by atoms with Gasteiger partial charge in [-0.15, -0.1) is 11.3 Å². The normalized spacial score (nSPS) is 15.1. The zero-order valence-corrected chi connectivity index (χ0v) is 22.8. The predicted octanol–water partition coefficient (Wildman–Crippen LogP) is 3.30. The van der Waals surface area contributed by atoms with E-state index in [-0.39, 0.29) is 19.2 Å². The molecule has 1 aromatic carbocycles. The van der Waals surface area contributed by atoms with Crippen molar-refractivity contribution in [3.05, 3.63) is 80.8 Å². The van der Waals surface area contributed by atoms with Gasteiger partial charge in [-0.05, 0) is 31.4 Å². The summed E-state index contributed by atoms with van der Waals surface area (Å²) in [6, 6.07) is 7.61. The summed E-state index contributed by atoms with van der Waals surface area (Å²) in [5, 5.41) is 7.03. The zero-order valence-electron chi connectivity index (χ0n) is 22.0. The van der Waals surface area contributed by atoms with Crippen LogP contribution in [0.25, 0.3) is 21.0 Å². The maximum absolute atomic E-state index is 14.1. The van der Waals surface area contributed by atoms with Crippen molar-refractivity contribution in [1.82, 2.24) is 29.3 Å². The van der Waals surface area contributed by atoms with E-state index >= 15 is 0 Å². The Morgan fingerprint density at radius 3 is 2.73 bits per heavy atom. The van der Waals surface area contributed by atoms with E-state index in [2.05, 4.69) is 20.2 Å². The number of methoxy groups -OCH3 is 1. The molecule has 1 aliphatic rings. The molecule has 6 rings (SSSR count). The Balaban J connectivity index is 1.53. The van der Waals surface area contributed by atoms with Crippen molar-refractivity contribution >= 4 is 21.6 Å². The highest BCUT2D eigenvalue weighted by Gasteiger charge is 2.28. The number of para-hydroxylation sites is 1. The molecule has 0 spiro atoms. The molecule has 5 heterocycles. The van der Waals surface area contributed by atoms with Crippen LogP contribution in [0.15, 0.2) is 57.1 Å². The van der Waals surface area contributed by atoms with Crippen molar-refractivity contribution in [3.63, 3.8) is 0 Å². The number of hydrogen-bond donors (Lipinski definition) is 1. The van der Waals surface area contributed by atoms with E-state index < -0.39 is 17.4 Å². The molecule has 1 aliphatic heterocycles. The fourth-order valence-corrected chi connectivity index (χ4v) is 6.29. The number of nitrogens with one attached hydrogen (secondary N) is 1. The third-order valence-corrected chi connectivity index (χ3v) is 8.36. The van der Waals surface area contributed by atoms with Crippen LogP contribution in [0.2, 0.25) is 0 Å². The molecule has 0 radical (unpaired) electrons. The standard InChI is InChI=1S/C27H28N6O6S/c1-16-22-25(34)32(14-21-29-15-30-31-21)27(35)33(26(22)40-23(16)24-28-9-12-38-24)13-20(39-17-7-10-37-11-8-17)18-5-3-4-6-19(18)36-2/h3-6,9,12,15,17,20H,7-8,10-11,13-14H2,1-2H3,(H,29,30,31)/t20-/m1/s1. The van der Waals surface area contributed by atoms with Gasteiger partial charge in [0.05, 0.1) is 42.8 Å². The van der Waals surface area contributed by atoms with E-state index in [1.807, 2.05) is 31.2 Å². The van der Waals surface area contributed by atoms with Gasteiger partial charge < -0.3 is 18.6 Å². The lowest BCUT2D eigenvalue weighted by atomic mass is 10.1. The highest BCUT2D eigenvalue weighted by molar-refractivity contribution is 7.22. The van der Waals surface area contributed by atoms with Crippen molar-refractivity contribution in [2.45, 2.75) is 45.1 Å². The van der Waals surface area contributed by atoms with E-state index in [0.29, 0.717) is 51.3 Å². The lowest BCUT2D eigenvalue weighted by Crippen LogP contribution is -2.41. The van der Waals surface area contributed by atoms with Crippen LogP contribution in [0.4, 0.5) is 0 Å². The van der Waals surface area contributed by atoms with Gasteiger partial charge in [-0.3, -0.25) is 19.0 Å². The van der Waals surface area contributed by atoms with Crippen LogP contribution in [-0.2, 0) is 22.6 Å². The molecule has 1 saturated heterocycles. The first-order valence-corrected chi connectivity index (χ1v) is 13.7. The predicted molar refractivity (Wildman–Crippen MR) is 147 cm³/mol. The Labute approximate surface area is 232 Å². The number of nitrogens with zero attached hydrogens (tertiary/aromatic N) is 5. The zero-order chi connectivity index (χ0) is 27.6. The summed E-state index contributed by atoms with van der Waals surface area (Å²) in [5.74, 6) is 1.44. The van der Waals surface area contributed by atoms with Crippen LogP contribution in [0.5, 0.6) is 5.75 Å². The Kier molecular flexibility index (Phi) is 7.32. The van der Waals surface area contributed by atoms with Crippen molar-refractivity contribution in [2.75, 3.05) is 20.3 Å². The molecule has 1 N–H and O–H groups in total. The molecule has 0 saturated carbocycles. The Hall–Kier alpha value is -4.07. The molecule has 12 nitrogen and oxygen atoms in total. The average Bonchev–Trinajstić information content (AvgIpc) is 3.75. The molecule has 0 bridgehead atoms. The molecule has 40 heavy (non-hydrogen) atoms. The second-order valence-electron chi connectivity index (χ2n) is 9.47. The first-order valence-electron chi connectivity index (χ1n) is 12.9. The fourth-order valence-electron chi connectivity index (χ4n) is 5.05. The number of benzene rings is 1. The minimum absolute atomic E-state index is 0.0529. The molecule has 13 heteroatoms. The molecule has 1 fully saturated rings. The van der Waals surface area contributed by atoms with Crippen LogP contribution < -0.4 is 16.0 Å². The van der Waals surface area contributed by atoms with Crippen LogP contribution in [0.1, 0.15) is 35.9 Å². The Bertz CT molecular complexity index is 1720. The van der Waals surface area contributed by atoms with E-state index in [9.17, 15) is 9.59 Å². The largest absolute Gasteiger partial charge is 0.496 e. The first kappa shape index (κ1) is 26.2. The summed E-state index contributed by atoms with van der Waals surface area (Å²) in [7, 11) is 1.61. The quantitative estimate of drug-likeness (QED) is 0.286. The van der Waals surface area contributed by atoms with E-state index in [1.165, 1.54) is 28.5 Å². The summed E-state index contributed by atoms with van der Waals surface area (Å²) in [6.07, 6.45) is 5.27. The van der Waals surface area contributed by atoms with Gasteiger partial charge in [-0.1, -0.05) is 18.2 Å². The molecule has 0 unspecified atom stereocenters. The maximum atomic E-state index is 14.1. The van der Waals surface area contributed by atoms with Gasteiger partial charge in [-0.25, -0.2) is 14.8 Å². The number of thiophene rings is 1. The summed E-state index contributed by atoms with van der Waals surface area (Å²) >= 11 is 1.30. The van der Waals surface area contributed by atoms with Crippen LogP contribution in [-0.4, -0.2) is 55.7 Å². The van der Waals surface area contributed by atoms with Gasteiger partial charge in [0.15, 0.2) is 0 Å². The number of fused-ring (bicyclic) bond motifs is 1. The number of ether oxygens (including phenoxy) is 3. The lowest BCUT2D eigenvalue weighted by molar-refractivity contribution is -0.0753. The van der Waals surface area contributed by atoms with Gasteiger partial charge in [0.2, 0.25) is 5.89 Å². The lowest BCUT2D eigenvalue weighted by Gasteiger charge is -2.29. The first-order chi connectivity index (χ1) is 19.5. The number of hydrogen-bond acceptors (Lipinski definition) is 10. The second-order valence-corrected chi connectivity index (χ2v) is 10.5. The Morgan fingerprint density at radius 1 is 1.18 bits per heavy atom. The molecule has 1 atom stereocenters. The molecular weight excluding hydrogens is 536 g/mol. The number of H-pyrrole nitrogens is 1. The van der Waals surface area contributed by atoms with E-state index in [4.69, 9.17) is 18.6 Å². The van der Waals surface area contributed by atoms with Gasteiger partial charge >= 0.3 is 5.69 Å². The monoisotopic (exact) mass is 564 g/mol. The van der Waals surface area contributed by atoms with Gasteiger partial charge in [0, 0.05) is 18.8 Å². The topological polar surface area (TPSA) is 139 Å². The number of rotatable bonds is 9. The third-order valence-electron chi connectivity index (χ3n) is 7.05. The molecule has 0 aliphatic carbocycles. The minimum Gasteiger partial charge on any atom is -0.496 e. The molecule has 0 amide bonds. The smallest absolute Gasteiger partial charge is 0.332 e. The Morgan fingerprint density at radius 2 is 2.00 bits per heavy atom. The summed E-state index contributed by atoms with van der Waals surface area (Å²) in [6.45, 7) is 3.15. The van der Waals surface area contributed by atoms with Gasteiger partial charge in [0.25, 0.3) is 5.56 Å². The van der Waals surface area contributed by atoms with E-state index in [1.54, 1.807) is 17.9 Å². The highest BCUT2D eigenvalue weighted by atomic mass is 32.1. The SMILES string of the molecule is COc1ccccc1[C@@H](Cn1c(=O)n(Cc2ncn[nH]2)c(=O)c2c(C)c(-c3ncco3)sc21)OC1CCOCC1. The summed E-state index contributed by atoms with van der Waals surface area (Å²) in [5.41, 5.74) is 0.598. The van der Waals surface area contributed by atoms with Gasteiger partial charge in [-0.2, -0.15) is 5.10 Å². The fraction of sp³-hybridized carbons (Fsp3) is 0.370. The number of aromatic nitrogens is 6. The maximum Gasteiger partial charge on any atom is 0.332 e. The number of aryl methyl sites for hydroxylation is 1. The average molecular weight is 565 g/mol. The third kappa shape index (κ3) is 4.87. The molecule has 4 aromatic heterocycles. The van der Waals surface area contributed by atoms with Crippen molar-refractivity contribution in [1.29, 1.82) is 0 Å². The molecular formula is C27H28N6O6S. The molecule has 208 valence electrons. The highest BCUT2D eigenvalue weighted by Crippen LogP contribution is 2.37. The van der Waals surface area contributed by atoms with E-state index in [0.717, 1.165) is 18.4 Å². The van der Waals surface area contributed by atoms with Gasteiger partial charge in [0.1, 0.15) is 35.1 Å².